The maximum Gasteiger partial charge on any atom is 0.287 e. The average molecular weight is 333 g/mol. The summed E-state index contributed by atoms with van der Waals surface area (Å²) < 4.78 is 0. The van der Waals surface area contributed by atoms with Crippen LogP contribution in [0, 0.1) is 10.1 Å². The number of nitrogens with zero attached hydrogens (tertiary/aromatic N) is 3. The molecule has 3 rings (SSSR count). The van der Waals surface area contributed by atoms with E-state index in [-0.39, 0.29) is 18.0 Å². The minimum atomic E-state index is -0.515. The summed E-state index contributed by atoms with van der Waals surface area (Å²) in [4.78, 5) is 28.7. The second kappa shape index (κ2) is 7.35. The van der Waals surface area contributed by atoms with Gasteiger partial charge in [0.2, 0.25) is 5.91 Å². The van der Waals surface area contributed by atoms with Gasteiger partial charge in [-0.3, -0.25) is 24.8 Å². The summed E-state index contributed by atoms with van der Waals surface area (Å²) in [5, 5.41) is 10.7. The van der Waals surface area contributed by atoms with Crippen LogP contribution >= 0.6 is 0 Å². The third-order valence-corrected chi connectivity index (χ3v) is 3.63. The molecule has 0 N–H and O–H groups in total. The second-order valence-corrected chi connectivity index (χ2v) is 5.34. The molecular weight excluding hydrogens is 318 g/mol. The van der Waals surface area contributed by atoms with Crippen LogP contribution in [0.3, 0.4) is 0 Å². The van der Waals surface area contributed by atoms with E-state index in [0.717, 1.165) is 17.6 Å². The molecule has 0 aliphatic rings. The number of aromatic nitrogens is 1. The van der Waals surface area contributed by atoms with E-state index in [4.69, 9.17) is 0 Å². The van der Waals surface area contributed by atoms with Crippen molar-refractivity contribution in [3.8, 4) is 0 Å². The molecule has 0 radical (unpaired) electrons. The zero-order valence-corrected chi connectivity index (χ0v) is 13.3. The zero-order valence-electron chi connectivity index (χ0n) is 13.3. The average Bonchev–Trinajstić information content (AvgIpc) is 2.64. The van der Waals surface area contributed by atoms with Crippen LogP contribution in [-0.4, -0.2) is 15.8 Å². The summed E-state index contributed by atoms with van der Waals surface area (Å²) in [7, 11) is 0. The summed E-state index contributed by atoms with van der Waals surface area (Å²) in [6, 6.07) is 21.5. The number of hydrogen-bond acceptors (Lipinski definition) is 4. The lowest BCUT2D eigenvalue weighted by molar-refractivity contribution is -0.385. The Labute approximate surface area is 144 Å². The Kier molecular flexibility index (Phi) is 4.80. The van der Waals surface area contributed by atoms with Gasteiger partial charge >= 0.3 is 0 Å². The number of anilines is 2. The van der Waals surface area contributed by atoms with Crippen molar-refractivity contribution in [2.75, 3.05) is 4.90 Å². The molecule has 6 heteroatoms. The van der Waals surface area contributed by atoms with Crippen molar-refractivity contribution < 1.29 is 9.72 Å². The van der Waals surface area contributed by atoms with E-state index in [1.54, 1.807) is 4.90 Å². The number of hydrogen-bond donors (Lipinski definition) is 0. The summed E-state index contributed by atoms with van der Waals surface area (Å²) >= 11 is 0. The SMILES string of the molecule is O=C(Cc1ccc([N+](=O)[O-])cn1)N(c1ccccc1)c1ccccc1. The zero-order chi connectivity index (χ0) is 17.6. The van der Waals surface area contributed by atoms with Gasteiger partial charge in [-0.05, 0) is 30.3 Å². The van der Waals surface area contributed by atoms with Crippen molar-refractivity contribution in [2.24, 2.45) is 0 Å². The molecule has 0 aliphatic heterocycles. The normalized spacial score (nSPS) is 10.2. The van der Waals surface area contributed by atoms with E-state index in [9.17, 15) is 14.9 Å². The lowest BCUT2D eigenvalue weighted by atomic mass is 10.2. The molecule has 0 fully saturated rings. The van der Waals surface area contributed by atoms with Gasteiger partial charge in [0.25, 0.3) is 5.69 Å². The number of nitro groups is 1. The Morgan fingerprint density at radius 2 is 1.48 bits per heavy atom. The Balaban J connectivity index is 1.88. The van der Waals surface area contributed by atoms with Crippen molar-refractivity contribution >= 4 is 23.0 Å². The van der Waals surface area contributed by atoms with E-state index in [1.807, 2.05) is 60.7 Å². The highest BCUT2D eigenvalue weighted by Gasteiger charge is 2.19. The standard InChI is InChI=1S/C19H15N3O3/c23-19(13-15-11-12-18(14-20-15)22(24)25)21(16-7-3-1-4-8-16)17-9-5-2-6-10-17/h1-12,14H,13H2. The van der Waals surface area contributed by atoms with Gasteiger partial charge in [-0.15, -0.1) is 0 Å². The van der Waals surface area contributed by atoms with Crippen molar-refractivity contribution in [1.29, 1.82) is 0 Å². The highest BCUT2D eigenvalue weighted by atomic mass is 16.6. The molecule has 1 amide bonds. The number of amides is 1. The van der Waals surface area contributed by atoms with Crippen LogP contribution in [0.15, 0.2) is 79.0 Å². The number of rotatable bonds is 5. The maximum absolute atomic E-state index is 12.9. The molecule has 1 aromatic heterocycles. The summed E-state index contributed by atoms with van der Waals surface area (Å²) in [5.74, 6) is -0.168. The minimum Gasteiger partial charge on any atom is -0.281 e. The molecule has 25 heavy (non-hydrogen) atoms. The highest BCUT2D eigenvalue weighted by molar-refractivity contribution is 6.01. The van der Waals surface area contributed by atoms with E-state index < -0.39 is 4.92 Å². The summed E-state index contributed by atoms with van der Waals surface area (Å²) in [6.45, 7) is 0. The van der Waals surface area contributed by atoms with Crippen LogP contribution in [-0.2, 0) is 11.2 Å². The topological polar surface area (TPSA) is 76.3 Å². The number of carbonyl (C=O) groups is 1. The molecule has 0 aliphatic carbocycles. The van der Waals surface area contributed by atoms with E-state index in [1.165, 1.54) is 12.1 Å². The number of para-hydroxylation sites is 2. The summed E-state index contributed by atoms with van der Waals surface area (Å²) in [5.41, 5.74) is 1.88. The molecule has 6 nitrogen and oxygen atoms in total. The van der Waals surface area contributed by atoms with Gasteiger partial charge in [-0.1, -0.05) is 36.4 Å². The molecule has 124 valence electrons. The molecule has 0 saturated carbocycles. The fourth-order valence-corrected chi connectivity index (χ4v) is 2.45. The third kappa shape index (κ3) is 3.87. The van der Waals surface area contributed by atoms with Crippen LogP contribution in [0.5, 0.6) is 0 Å². The van der Waals surface area contributed by atoms with E-state index >= 15 is 0 Å². The van der Waals surface area contributed by atoms with Gasteiger partial charge in [0.15, 0.2) is 0 Å². The minimum absolute atomic E-state index is 0.0434. The molecule has 0 unspecified atom stereocenters. The molecule has 2 aromatic carbocycles. The van der Waals surface area contributed by atoms with Crippen LogP contribution < -0.4 is 4.90 Å². The van der Waals surface area contributed by atoms with Crippen molar-refractivity contribution in [2.45, 2.75) is 6.42 Å². The van der Waals surface area contributed by atoms with Gasteiger partial charge in [0, 0.05) is 17.4 Å². The predicted octanol–water partition coefficient (Wildman–Crippen LogP) is 3.90. The monoisotopic (exact) mass is 333 g/mol. The first-order valence-corrected chi connectivity index (χ1v) is 7.67. The molecule has 0 atom stereocenters. The smallest absolute Gasteiger partial charge is 0.281 e. The quantitative estimate of drug-likeness (QED) is 0.524. The maximum atomic E-state index is 12.9. The predicted molar refractivity (Wildman–Crippen MR) is 94.6 cm³/mol. The second-order valence-electron chi connectivity index (χ2n) is 5.34. The Morgan fingerprint density at radius 3 is 1.92 bits per heavy atom. The Bertz CT molecular complexity index is 826. The van der Waals surface area contributed by atoms with Gasteiger partial charge in [-0.25, -0.2) is 0 Å². The molecule has 3 aromatic rings. The van der Waals surface area contributed by atoms with Gasteiger partial charge in [0.1, 0.15) is 6.20 Å². The number of benzene rings is 2. The van der Waals surface area contributed by atoms with Gasteiger partial charge < -0.3 is 0 Å². The van der Waals surface area contributed by atoms with Crippen LogP contribution in [0.4, 0.5) is 17.1 Å². The van der Waals surface area contributed by atoms with Crippen molar-refractivity contribution in [3.63, 3.8) is 0 Å². The highest BCUT2D eigenvalue weighted by Crippen LogP contribution is 2.26. The van der Waals surface area contributed by atoms with Crippen LogP contribution in [0.2, 0.25) is 0 Å². The van der Waals surface area contributed by atoms with Gasteiger partial charge in [0.05, 0.1) is 17.0 Å². The number of carbonyl (C=O) groups excluding carboxylic acids is 1. The molecule has 1 heterocycles. The van der Waals surface area contributed by atoms with E-state index in [2.05, 4.69) is 4.98 Å². The first-order chi connectivity index (χ1) is 12.1. The first-order valence-electron chi connectivity index (χ1n) is 7.67. The lowest BCUT2D eigenvalue weighted by Crippen LogP contribution is -2.27. The lowest BCUT2D eigenvalue weighted by Gasteiger charge is -2.23. The molecule has 0 spiro atoms. The van der Waals surface area contributed by atoms with Crippen LogP contribution in [0.25, 0.3) is 0 Å². The largest absolute Gasteiger partial charge is 0.287 e. The third-order valence-electron chi connectivity index (χ3n) is 3.63. The molecule has 0 saturated heterocycles. The molecular formula is C19H15N3O3. The fraction of sp³-hybridized carbons (Fsp3) is 0.0526. The number of pyridine rings is 1. The van der Waals surface area contributed by atoms with Gasteiger partial charge in [-0.2, -0.15) is 0 Å². The van der Waals surface area contributed by atoms with E-state index in [0.29, 0.717) is 5.69 Å². The van der Waals surface area contributed by atoms with Crippen molar-refractivity contribution in [3.05, 3.63) is 94.8 Å². The molecule has 0 bridgehead atoms. The fourth-order valence-electron chi connectivity index (χ4n) is 2.45. The summed E-state index contributed by atoms with van der Waals surface area (Å²) in [6.07, 6.45) is 1.21. The Hall–Kier alpha value is -3.54. The first kappa shape index (κ1) is 16.3. The van der Waals surface area contributed by atoms with Crippen LogP contribution in [0.1, 0.15) is 5.69 Å². The van der Waals surface area contributed by atoms with Crippen molar-refractivity contribution in [1.82, 2.24) is 4.98 Å². The Morgan fingerprint density at radius 1 is 0.920 bits per heavy atom.